The Kier molecular flexibility index (Phi) is 5.89. The lowest BCUT2D eigenvalue weighted by Crippen LogP contribution is -2.29. The van der Waals surface area contributed by atoms with E-state index in [9.17, 15) is 0 Å². The number of aromatic nitrogens is 7. The van der Waals surface area contributed by atoms with Gasteiger partial charge in [0.2, 0.25) is 0 Å². The average molecular weight is 439 g/mol. The van der Waals surface area contributed by atoms with E-state index in [-0.39, 0.29) is 0 Å². The van der Waals surface area contributed by atoms with Crippen LogP contribution < -0.4 is 0 Å². The quantitative estimate of drug-likeness (QED) is 0.446. The molecule has 0 fully saturated rings. The fraction of sp³-hybridized carbons (Fsp3) is 0.280. The first kappa shape index (κ1) is 20.9. The second-order valence-electron chi connectivity index (χ2n) is 8.23. The number of H-pyrrole nitrogens is 1. The maximum atomic E-state index is 4.89. The molecule has 0 radical (unpaired) electrons. The van der Waals surface area contributed by atoms with Crippen LogP contribution in [0.4, 0.5) is 0 Å². The maximum Gasteiger partial charge on any atom is 0.189 e. The Bertz CT molecular complexity index is 1240. The van der Waals surface area contributed by atoms with Crippen LogP contribution in [-0.2, 0) is 18.4 Å². The highest BCUT2D eigenvalue weighted by Crippen LogP contribution is 2.36. The lowest BCUT2D eigenvalue weighted by molar-refractivity contribution is 0.550. The van der Waals surface area contributed by atoms with Crippen molar-refractivity contribution in [2.75, 3.05) is 0 Å². The van der Waals surface area contributed by atoms with Crippen LogP contribution in [0.3, 0.4) is 0 Å². The topological polar surface area (TPSA) is 97.5 Å². The normalized spacial score (nSPS) is 17.5. The van der Waals surface area contributed by atoms with Crippen molar-refractivity contribution in [2.24, 2.45) is 4.99 Å². The van der Waals surface area contributed by atoms with Gasteiger partial charge in [-0.25, -0.2) is 9.67 Å². The number of nitrogens with one attached hydrogen (secondary N) is 1. The number of tetrazole rings is 1. The van der Waals surface area contributed by atoms with Gasteiger partial charge in [-0.3, -0.25) is 4.99 Å². The minimum absolute atomic E-state index is 0.463. The van der Waals surface area contributed by atoms with E-state index < -0.39 is 5.41 Å². The number of hydrogen-bond donors (Lipinski definition) is 1. The summed E-state index contributed by atoms with van der Waals surface area (Å²) in [5.74, 6) is 2.40. The van der Waals surface area contributed by atoms with Crippen molar-refractivity contribution in [3.05, 3.63) is 89.6 Å². The third-order valence-electron chi connectivity index (χ3n) is 6.04. The van der Waals surface area contributed by atoms with Gasteiger partial charge in [0.15, 0.2) is 11.6 Å². The van der Waals surface area contributed by atoms with Crippen LogP contribution in [-0.4, -0.2) is 41.6 Å². The molecule has 33 heavy (non-hydrogen) atoms. The van der Waals surface area contributed by atoms with E-state index >= 15 is 0 Å². The Morgan fingerprint density at radius 3 is 2.61 bits per heavy atom. The van der Waals surface area contributed by atoms with Gasteiger partial charge in [-0.1, -0.05) is 73.2 Å². The fourth-order valence-corrected chi connectivity index (χ4v) is 4.16. The first-order chi connectivity index (χ1) is 16.3. The molecule has 8 heteroatoms. The molecule has 0 amide bonds. The Balaban J connectivity index is 1.43. The molecule has 0 saturated carbocycles. The zero-order valence-corrected chi connectivity index (χ0v) is 18.6. The lowest BCUT2D eigenvalue weighted by atomic mass is 9.76. The Morgan fingerprint density at radius 1 is 1.06 bits per heavy atom. The molecule has 1 atom stereocenters. The lowest BCUT2D eigenvalue weighted by Gasteiger charge is -2.28. The van der Waals surface area contributed by atoms with Crippen molar-refractivity contribution < 1.29 is 0 Å². The van der Waals surface area contributed by atoms with E-state index in [4.69, 9.17) is 10.1 Å². The van der Waals surface area contributed by atoms with Gasteiger partial charge in [0.1, 0.15) is 5.82 Å². The van der Waals surface area contributed by atoms with Crippen molar-refractivity contribution in [2.45, 2.75) is 44.6 Å². The van der Waals surface area contributed by atoms with Crippen molar-refractivity contribution in [3.8, 4) is 11.4 Å². The molecule has 4 aromatic rings. The van der Waals surface area contributed by atoms with Crippen molar-refractivity contribution in [1.82, 2.24) is 35.4 Å². The van der Waals surface area contributed by atoms with Crippen LogP contribution in [0.15, 0.2) is 71.9 Å². The van der Waals surface area contributed by atoms with Crippen molar-refractivity contribution >= 4 is 6.21 Å². The van der Waals surface area contributed by atoms with E-state index in [1.54, 1.807) is 6.20 Å². The van der Waals surface area contributed by atoms with Crippen LogP contribution in [0.2, 0.25) is 0 Å². The smallest absolute Gasteiger partial charge is 0.189 e. The molecule has 5 rings (SSSR count). The minimum Gasteiger partial charge on any atom is -0.269 e. The summed E-state index contributed by atoms with van der Waals surface area (Å²) in [6.45, 7) is 3.06. The SMILES string of the molecule is CCCCn1nc(-c2ccccc2)nc1Cc1ccc(C2(c3nn[nH]n3)C=CN=CC2)cc1. The van der Waals surface area contributed by atoms with Gasteiger partial charge in [0, 0.05) is 37.4 Å². The van der Waals surface area contributed by atoms with E-state index in [1.807, 2.05) is 30.5 Å². The molecule has 1 aliphatic heterocycles. The monoisotopic (exact) mass is 438 g/mol. The molecule has 0 spiro atoms. The number of allylic oxidation sites excluding steroid dienone is 1. The summed E-state index contributed by atoms with van der Waals surface area (Å²) < 4.78 is 2.06. The number of aliphatic imine (C=N–C) groups is 1. The largest absolute Gasteiger partial charge is 0.269 e. The highest BCUT2D eigenvalue weighted by atomic mass is 15.5. The average Bonchev–Trinajstić information content (AvgIpc) is 3.55. The summed E-state index contributed by atoms with van der Waals surface area (Å²) in [5.41, 5.74) is 2.86. The minimum atomic E-state index is -0.463. The predicted molar refractivity (Wildman–Crippen MR) is 127 cm³/mol. The van der Waals surface area contributed by atoms with Crippen LogP contribution in [0, 0.1) is 0 Å². The van der Waals surface area contributed by atoms with Crippen molar-refractivity contribution in [3.63, 3.8) is 0 Å². The number of rotatable bonds is 8. The highest BCUT2D eigenvalue weighted by Gasteiger charge is 2.36. The molecule has 0 aliphatic carbocycles. The Labute approximate surface area is 192 Å². The number of nitrogens with zero attached hydrogens (tertiary/aromatic N) is 7. The van der Waals surface area contributed by atoms with Gasteiger partial charge >= 0.3 is 0 Å². The predicted octanol–water partition coefficient (Wildman–Crippen LogP) is 4.12. The van der Waals surface area contributed by atoms with Crippen LogP contribution in [0.1, 0.15) is 49.0 Å². The zero-order chi connectivity index (χ0) is 22.5. The summed E-state index contributed by atoms with van der Waals surface area (Å²) in [6.07, 6.45) is 9.33. The molecule has 3 heterocycles. The second kappa shape index (κ2) is 9.28. The molecule has 1 unspecified atom stereocenters. The molecule has 0 bridgehead atoms. The maximum absolute atomic E-state index is 4.89. The Hall–Kier alpha value is -3.94. The molecule has 2 aromatic carbocycles. The summed E-state index contributed by atoms with van der Waals surface area (Å²) in [5, 5.41) is 19.7. The number of aryl methyl sites for hydroxylation is 1. The molecule has 8 nitrogen and oxygen atoms in total. The molecule has 1 aliphatic rings. The molecular formula is C25H26N8. The summed E-state index contributed by atoms with van der Waals surface area (Å²) in [7, 11) is 0. The van der Waals surface area contributed by atoms with Crippen molar-refractivity contribution in [1.29, 1.82) is 0 Å². The van der Waals surface area contributed by atoms with Gasteiger partial charge in [0.25, 0.3) is 0 Å². The highest BCUT2D eigenvalue weighted by molar-refractivity contribution is 5.66. The van der Waals surface area contributed by atoms with Gasteiger partial charge in [0.05, 0.1) is 5.41 Å². The number of benzene rings is 2. The van der Waals surface area contributed by atoms with Gasteiger partial charge in [-0.05, 0) is 23.6 Å². The van der Waals surface area contributed by atoms with E-state index in [1.165, 1.54) is 5.56 Å². The molecule has 2 aromatic heterocycles. The standard InChI is InChI=1S/C25H26N8/c1-2-3-17-33-22(27-23(30-33)20-7-5-4-6-8-20)18-19-9-11-21(12-10-19)25(13-15-26-16-14-25)24-28-31-32-29-24/h4-13,15-16H,2-3,14,17-18H2,1H3,(H,28,29,31,32). The van der Waals surface area contributed by atoms with Gasteiger partial charge in [-0.2, -0.15) is 10.3 Å². The number of aromatic amines is 1. The molecule has 166 valence electrons. The summed E-state index contributed by atoms with van der Waals surface area (Å²) in [6, 6.07) is 18.7. The van der Waals surface area contributed by atoms with Gasteiger partial charge in [-0.15, -0.1) is 10.2 Å². The fourth-order valence-electron chi connectivity index (χ4n) is 4.16. The first-order valence-electron chi connectivity index (χ1n) is 11.3. The summed E-state index contributed by atoms with van der Waals surface area (Å²) >= 11 is 0. The number of unbranched alkanes of at least 4 members (excludes halogenated alkanes) is 1. The van der Waals surface area contributed by atoms with Crippen LogP contribution in [0.25, 0.3) is 11.4 Å². The van der Waals surface area contributed by atoms with Crippen LogP contribution >= 0.6 is 0 Å². The first-order valence-corrected chi connectivity index (χ1v) is 11.3. The molecular weight excluding hydrogens is 412 g/mol. The molecule has 1 N–H and O–H groups in total. The van der Waals surface area contributed by atoms with Gasteiger partial charge < -0.3 is 0 Å². The second-order valence-corrected chi connectivity index (χ2v) is 8.23. The molecule has 0 saturated heterocycles. The summed E-state index contributed by atoms with van der Waals surface area (Å²) in [4.78, 5) is 9.12. The van der Waals surface area contributed by atoms with Crippen LogP contribution in [0.5, 0.6) is 0 Å². The van der Waals surface area contributed by atoms with E-state index in [0.717, 1.165) is 48.6 Å². The Morgan fingerprint density at radius 2 is 1.91 bits per heavy atom. The van der Waals surface area contributed by atoms with E-state index in [0.29, 0.717) is 12.2 Å². The van der Waals surface area contributed by atoms with E-state index in [2.05, 4.69) is 73.6 Å². The zero-order valence-electron chi connectivity index (χ0n) is 18.6. The third-order valence-corrected chi connectivity index (χ3v) is 6.04. The third kappa shape index (κ3) is 4.24. The number of hydrogen-bond acceptors (Lipinski definition) is 6.